The van der Waals surface area contributed by atoms with Gasteiger partial charge in [-0.3, -0.25) is 0 Å². The third-order valence-electron chi connectivity index (χ3n) is 2.71. The minimum absolute atomic E-state index is 0.281. The Morgan fingerprint density at radius 2 is 2.00 bits per heavy atom. The molecule has 0 aliphatic heterocycles. The van der Waals surface area contributed by atoms with Crippen molar-refractivity contribution in [1.82, 2.24) is 5.32 Å². The first kappa shape index (κ1) is 14.2. The van der Waals surface area contributed by atoms with E-state index in [4.69, 9.17) is 5.11 Å². The van der Waals surface area contributed by atoms with Gasteiger partial charge in [0.15, 0.2) is 0 Å². The third kappa shape index (κ3) is 6.28. The van der Waals surface area contributed by atoms with Crippen molar-refractivity contribution in [1.29, 1.82) is 0 Å². The van der Waals surface area contributed by atoms with Crippen molar-refractivity contribution in [3.63, 3.8) is 0 Å². The van der Waals surface area contributed by atoms with E-state index in [1.165, 1.54) is 0 Å². The zero-order valence-electron chi connectivity index (χ0n) is 10.3. The van der Waals surface area contributed by atoms with Crippen LogP contribution in [0.5, 0.6) is 0 Å². The molecule has 0 spiro atoms. The average Bonchev–Trinajstić information content (AvgIpc) is 2.17. The van der Waals surface area contributed by atoms with Crippen molar-refractivity contribution in [2.75, 3.05) is 13.1 Å². The summed E-state index contributed by atoms with van der Waals surface area (Å²) in [5.74, 6) is -0.811. The summed E-state index contributed by atoms with van der Waals surface area (Å²) in [5, 5.41) is 12.0. The topological polar surface area (TPSA) is 49.3 Å². The highest BCUT2D eigenvalue weighted by molar-refractivity contribution is 5.86. The zero-order valence-corrected chi connectivity index (χ0v) is 10.3. The molecule has 0 amide bonds. The number of hydrogen-bond acceptors (Lipinski definition) is 2. The molecular formula is C12H23NO2. The second-order valence-corrected chi connectivity index (χ2v) is 4.54. The standard InChI is InChI=1S/C12H23NO2/c1-5-10(11(14)15)7-8-13-9-12(3,4)6-2/h7,13H,5-6,8-9H2,1-4H3,(H,14,15). The lowest BCUT2D eigenvalue weighted by Crippen LogP contribution is -2.29. The number of rotatable bonds is 7. The van der Waals surface area contributed by atoms with Crippen LogP contribution in [-0.2, 0) is 4.79 Å². The van der Waals surface area contributed by atoms with Gasteiger partial charge in [-0.15, -0.1) is 0 Å². The van der Waals surface area contributed by atoms with Gasteiger partial charge in [0.1, 0.15) is 0 Å². The van der Waals surface area contributed by atoms with Crippen LogP contribution in [0, 0.1) is 5.41 Å². The fraction of sp³-hybridized carbons (Fsp3) is 0.750. The van der Waals surface area contributed by atoms with E-state index in [1.807, 2.05) is 6.92 Å². The molecule has 0 atom stereocenters. The number of carbonyl (C=O) groups is 1. The number of carboxylic acids is 1. The molecule has 15 heavy (non-hydrogen) atoms. The molecule has 0 aromatic heterocycles. The van der Waals surface area contributed by atoms with Gasteiger partial charge >= 0.3 is 5.97 Å². The Morgan fingerprint density at radius 1 is 1.40 bits per heavy atom. The van der Waals surface area contributed by atoms with Crippen molar-refractivity contribution in [3.05, 3.63) is 11.6 Å². The molecule has 3 nitrogen and oxygen atoms in total. The van der Waals surface area contributed by atoms with Gasteiger partial charge in [-0.1, -0.05) is 33.8 Å². The zero-order chi connectivity index (χ0) is 11.9. The lowest BCUT2D eigenvalue weighted by atomic mass is 9.90. The maximum atomic E-state index is 10.7. The fourth-order valence-electron chi connectivity index (χ4n) is 1.11. The van der Waals surface area contributed by atoms with Crippen molar-refractivity contribution in [3.8, 4) is 0 Å². The summed E-state index contributed by atoms with van der Waals surface area (Å²) in [7, 11) is 0. The van der Waals surface area contributed by atoms with Crippen LogP contribution in [0.25, 0.3) is 0 Å². The van der Waals surface area contributed by atoms with E-state index in [-0.39, 0.29) is 5.41 Å². The molecule has 2 N–H and O–H groups in total. The summed E-state index contributed by atoms with van der Waals surface area (Å²) in [5.41, 5.74) is 0.764. The van der Waals surface area contributed by atoms with Crippen molar-refractivity contribution in [2.45, 2.75) is 40.5 Å². The molecule has 0 aliphatic rings. The first-order valence-corrected chi connectivity index (χ1v) is 5.56. The maximum Gasteiger partial charge on any atom is 0.331 e. The molecular weight excluding hydrogens is 190 g/mol. The molecule has 0 saturated heterocycles. The monoisotopic (exact) mass is 213 g/mol. The Bertz CT molecular complexity index is 232. The van der Waals surface area contributed by atoms with Crippen LogP contribution in [0.4, 0.5) is 0 Å². The van der Waals surface area contributed by atoms with Gasteiger partial charge in [0.2, 0.25) is 0 Å². The molecule has 0 aliphatic carbocycles. The van der Waals surface area contributed by atoms with Crippen molar-refractivity contribution < 1.29 is 9.90 Å². The Labute approximate surface area is 92.6 Å². The Hall–Kier alpha value is -0.830. The van der Waals surface area contributed by atoms with Gasteiger partial charge in [0.05, 0.1) is 0 Å². The number of nitrogens with one attached hydrogen (secondary N) is 1. The summed E-state index contributed by atoms with van der Waals surface area (Å²) in [4.78, 5) is 10.7. The third-order valence-corrected chi connectivity index (χ3v) is 2.71. The van der Waals surface area contributed by atoms with E-state index in [0.29, 0.717) is 18.5 Å². The lowest BCUT2D eigenvalue weighted by Gasteiger charge is -2.22. The predicted molar refractivity (Wildman–Crippen MR) is 63.0 cm³/mol. The van der Waals surface area contributed by atoms with Crippen LogP contribution in [0.3, 0.4) is 0 Å². The highest BCUT2D eigenvalue weighted by Crippen LogP contribution is 2.17. The largest absolute Gasteiger partial charge is 0.478 e. The van der Waals surface area contributed by atoms with Crippen molar-refractivity contribution >= 4 is 5.97 Å². The number of hydrogen-bond donors (Lipinski definition) is 2. The lowest BCUT2D eigenvalue weighted by molar-refractivity contribution is -0.132. The normalized spacial score (nSPS) is 12.9. The summed E-state index contributed by atoms with van der Waals surface area (Å²) >= 11 is 0. The molecule has 0 bridgehead atoms. The molecule has 0 aromatic carbocycles. The minimum Gasteiger partial charge on any atom is -0.478 e. The highest BCUT2D eigenvalue weighted by Gasteiger charge is 2.13. The molecule has 3 heteroatoms. The van der Waals surface area contributed by atoms with Gasteiger partial charge in [-0.2, -0.15) is 0 Å². The molecule has 0 radical (unpaired) electrons. The Morgan fingerprint density at radius 3 is 2.40 bits per heavy atom. The Balaban J connectivity index is 3.92. The molecule has 88 valence electrons. The van der Waals surface area contributed by atoms with Gasteiger partial charge in [0.25, 0.3) is 0 Å². The van der Waals surface area contributed by atoms with E-state index in [2.05, 4.69) is 26.1 Å². The molecule has 0 rings (SSSR count). The fourth-order valence-corrected chi connectivity index (χ4v) is 1.11. The SMILES string of the molecule is CCC(=CCNCC(C)(C)CC)C(=O)O. The first-order valence-electron chi connectivity index (χ1n) is 5.56. The minimum atomic E-state index is -0.811. The van der Waals surface area contributed by atoms with E-state index in [9.17, 15) is 4.79 Å². The second kappa shape index (κ2) is 6.62. The van der Waals surface area contributed by atoms with Crippen LogP contribution < -0.4 is 5.32 Å². The smallest absolute Gasteiger partial charge is 0.331 e. The molecule has 0 fully saturated rings. The van der Waals surface area contributed by atoms with Gasteiger partial charge in [-0.25, -0.2) is 4.79 Å². The predicted octanol–water partition coefficient (Wildman–Crippen LogP) is 2.43. The summed E-state index contributed by atoms with van der Waals surface area (Å²) in [6.07, 6.45) is 3.45. The molecule has 0 unspecified atom stereocenters. The van der Waals surface area contributed by atoms with Crippen LogP contribution in [0.1, 0.15) is 40.5 Å². The van der Waals surface area contributed by atoms with Crippen LogP contribution in [-0.4, -0.2) is 24.2 Å². The quantitative estimate of drug-likeness (QED) is 0.504. The van der Waals surface area contributed by atoms with E-state index in [1.54, 1.807) is 6.08 Å². The first-order chi connectivity index (χ1) is 6.93. The van der Waals surface area contributed by atoms with E-state index in [0.717, 1.165) is 13.0 Å². The summed E-state index contributed by atoms with van der Waals surface area (Å²) < 4.78 is 0. The molecule has 0 heterocycles. The van der Waals surface area contributed by atoms with Crippen LogP contribution in [0.15, 0.2) is 11.6 Å². The number of aliphatic carboxylic acids is 1. The van der Waals surface area contributed by atoms with Crippen LogP contribution in [0.2, 0.25) is 0 Å². The number of carboxylic acid groups (broad SMARTS) is 1. The van der Waals surface area contributed by atoms with Gasteiger partial charge in [-0.05, 0) is 18.3 Å². The second-order valence-electron chi connectivity index (χ2n) is 4.54. The van der Waals surface area contributed by atoms with E-state index >= 15 is 0 Å². The average molecular weight is 213 g/mol. The summed E-state index contributed by atoms with van der Waals surface area (Å²) in [6.45, 7) is 9.96. The van der Waals surface area contributed by atoms with Gasteiger partial charge < -0.3 is 10.4 Å². The highest BCUT2D eigenvalue weighted by atomic mass is 16.4. The summed E-state index contributed by atoms with van der Waals surface area (Å²) in [6, 6.07) is 0. The Kier molecular flexibility index (Phi) is 6.25. The van der Waals surface area contributed by atoms with E-state index < -0.39 is 5.97 Å². The molecule has 0 saturated carbocycles. The molecule has 0 aromatic rings. The maximum absolute atomic E-state index is 10.7. The van der Waals surface area contributed by atoms with Gasteiger partial charge in [0, 0.05) is 18.7 Å². The van der Waals surface area contributed by atoms with Crippen LogP contribution >= 0.6 is 0 Å². The van der Waals surface area contributed by atoms with Crippen molar-refractivity contribution in [2.24, 2.45) is 5.41 Å².